The number of amidine groups is 1. The van der Waals surface area contributed by atoms with Crippen LogP contribution in [0.25, 0.3) is 6.08 Å². The van der Waals surface area contributed by atoms with Gasteiger partial charge in [-0.05, 0) is 136 Å². The number of likely N-dealkylation sites (N-methyl/N-ethyl adjacent to an activating group) is 1. The lowest BCUT2D eigenvalue weighted by atomic mass is 10.1. The maximum atomic E-state index is 13.2. The van der Waals surface area contributed by atoms with Crippen molar-refractivity contribution in [2.75, 3.05) is 24.5 Å². The van der Waals surface area contributed by atoms with Crippen LogP contribution in [0.3, 0.4) is 0 Å². The van der Waals surface area contributed by atoms with E-state index in [-0.39, 0.29) is 18.2 Å². The quantitative estimate of drug-likeness (QED) is 0.134. The predicted octanol–water partition coefficient (Wildman–Crippen LogP) is 8.31. The number of piperidine rings is 1. The van der Waals surface area contributed by atoms with Gasteiger partial charge in [0.15, 0.2) is 5.17 Å². The number of non-ortho nitro benzene ring substituents is 1. The van der Waals surface area contributed by atoms with Gasteiger partial charge in [-0.3, -0.25) is 19.8 Å². The van der Waals surface area contributed by atoms with Crippen molar-refractivity contribution in [3.63, 3.8) is 0 Å². The summed E-state index contributed by atoms with van der Waals surface area (Å²) in [5, 5.41) is 11.5. The third-order valence-electron chi connectivity index (χ3n) is 6.85. The first-order valence-electron chi connectivity index (χ1n) is 13.3. The third-order valence-corrected chi connectivity index (χ3v) is 9.03. The minimum Gasteiger partial charge on any atom is -0.487 e. The minimum atomic E-state index is -0.430. The van der Waals surface area contributed by atoms with Crippen molar-refractivity contribution >= 4 is 77.8 Å². The molecule has 0 bridgehead atoms. The number of halogens is 2. The zero-order valence-electron chi connectivity index (χ0n) is 22.4. The zero-order valence-corrected chi connectivity index (χ0v) is 26.4. The summed E-state index contributed by atoms with van der Waals surface area (Å²) in [5.41, 5.74) is 3.70. The number of hydrogen-bond donors (Lipinski definition) is 0. The van der Waals surface area contributed by atoms with Gasteiger partial charge in [-0.1, -0.05) is 0 Å². The summed E-state index contributed by atoms with van der Waals surface area (Å²) in [4.78, 5) is 33.2. The van der Waals surface area contributed by atoms with E-state index in [1.54, 1.807) is 17.0 Å². The number of rotatable bonds is 8. The van der Waals surface area contributed by atoms with Crippen LogP contribution < -0.4 is 9.64 Å². The van der Waals surface area contributed by atoms with Gasteiger partial charge in [0.1, 0.15) is 12.4 Å². The second-order valence-electron chi connectivity index (χ2n) is 9.64. The Kier molecular flexibility index (Phi) is 9.46. The standard InChI is InChI=1S/C30H28Br2N4O4S/c1-2-35-29(37)27(41-30(35)33-22-8-12-23(13-9-22)34-14-4-3-5-15-34)18-21-16-25(31)28(26(32)17-21)40-19-20-6-10-24(11-7-20)36(38)39/h6-13,16-18H,2-5,14-15,19H2,1H3/b27-18-,33-30?. The molecule has 2 fully saturated rings. The molecule has 41 heavy (non-hydrogen) atoms. The van der Waals surface area contributed by atoms with Crippen LogP contribution in [-0.2, 0) is 11.4 Å². The van der Waals surface area contributed by atoms with Crippen LogP contribution in [0.2, 0.25) is 0 Å². The lowest BCUT2D eigenvalue weighted by Gasteiger charge is -2.28. The first kappa shape index (κ1) is 29.3. The summed E-state index contributed by atoms with van der Waals surface area (Å²) in [6.45, 7) is 4.90. The highest BCUT2D eigenvalue weighted by Gasteiger charge is 2.32. The number of carbonyl (C=O) groups is 1. The highest BCUT2D eigenvalue weighted by atomic mass is 79.9. The van der Waals surface area contributed by atoms with Crippen molar-refractivity contribution in [1.82, 2.24) is 4.90 Å². The Morgan fingerprint density at radius 1 is 1.02 bits per heavy atom. The Morgan fingerprint density at radius 3 is 2.29 bits per heavy atom. The fraction of sp³-hybridized carbons (Fsp3) is 0.267. The summed E-state index contributed by atoms with van der Waals surface area (Å²) in [6, 6.07) is 18.3. The van der Waals surface area contributed by atoms with Crippen LogP contribution in [0, 0.1) is 10.1 Å². The van der Waals surface area contributed by atoms with Crippen LogP contribution in [0.15, 0.2) is 79.5 Å². The van der Waals surface area contributed by atoms with Crippen LogP contribution in [0.5, 0.6) is 5.75 Å². The lowest BCUT2D eigenvalue weighted by molar-refractivity contribution is -0.384. The summed E-state index contributed by atoms with van der Waals surface area (Å²) < 4.78 is 7.41. The molecular formula is C30H28Br2N4O4S. The number of aliphatic imine (C=N–C) groups is 1. The van der Waals surface area contributed by atoms with E-state index in [0.29, 0.717) is 31.3 Å². The highest BCUT2D eigenvalue weighted by molar-refractivity contribution is 9.11. The summed E-state index contributed by atoms with van der Waals surface area (Å²) >= 11 is 8.53. The largest absolute Gasteiger partial charge is 0.487 e. The Bertz CT molecular complexity index is 1480. The Morgan fingerprint density at radius 2 is 1.68 bits per heavy atom. The molecule has 3 aromatic carbocycles. The smallest absolute Gasteiger partial charge is 0.269 e. The summed E-state index contributed by atoms with van der Waals surface area (Å²) in [6.07, 6.45) is 5.61. The highest BCUT2D eigenvalue weighted by Crippen LogP contribution is 2.39. The summed E-state index contributed by atoms with van der Waals surface area (Å²) in [5.74, 6) is 0.522. The zero-order chi connectivity index (χ0) is 28.9. The minimum absolute atomic E-state index is 0.0356. The topological polar surface area (TPSA) is 88.3 Å². The van der Waals surface area contributed by atoms with Gasteiger partial charge < -0.3 is 9.64 Å². The van der Waals surface area contributed by atoms with E-state index in [9.17, 15) is 14.9 Å². The van der Waals surface area contributed by atoms with E-state index in [2.05, 4.69) is 48.9 Å². The first-order valence-corrected chi connectivity index (χ1v) is 15.7. The SMILES string of the molecule is CCN1C(=O)/C(=C/c2cc(Br)c(OCc3ccc([N+](=O)[O-])cc3)c(Br)c2)SC1=Nc1ccc(N2CCCCC2)cc1. The molecule has 0 aliphatic carbocycles. The molecular weight excluding hydrogens is 672 g/mol. The van der Waals surface area contributed by atoms with Gasteiger partial charge in [-0.2, -0.15) is 0 Å². The van der Waals surface area contributed by atoms with Crippen molar-refractivity contribution < 1.29 is 14.5 Å². The van der Waals surface area contributed by atoms with Gasteiger partial charge in [-0.15, -0.1) is 0 Å². The second kappa shape index (κ2) is 13.2. The van der Waals surface area contributed by atoms with Gasteiger partial charge in [0, 0.05) is 37.5 Å². The van der Waals surface area contributed by atoms with Gasteiger partial charge in [0.25, 0.3) is 11.6 Å². The number of ether oxygens (including phenoxy) is 1. The monoisotopic (exact) mass is 698 g/mol. The Hall–Kier alpha value is -3.15. The molecule has 0 N–H and O–H groups in total. The normalized spacial score (nSPS) is 17.5. The Balaban J connectivity index is 1.30. The van der Waals surface area contributed by atoms with Crippen molar-refractivity contribution in [1.29, 1.82) is 0 Å². The molecule has 0 radical (unpaired) electrons. The molecule has 2 saturated heterocycles. The fourth-order valence-electron chi connectivity index (χ4n) is 4.69. The predicted molar refractivity (Wildman–Crippen MR) is 172 cm³/mol. The van der Waals surface area contributed by atoms with Gasteiger partial charge in [0.2, 0.25) is 0 Å². The maximum Gasteiger partial charge on any atom is 0.269 e. The molecule has 11 heteroatoms. The van der Waals surface area contributed by atoms with E-state index in [4.69, 9.17) is 9.73 Å². The van der Waals surface area contributed by atoms with Gasteiger partial charge >= 0.3 is 0 Å². The van der Waals surface area contributed by atoms with Gasteiger partial charge in [-0.25, -0.2) is 4.99 Å². The van der Waals surface area contributed by atoms with Gasteiger partial charge in [0.05, 0.1) is 24.5 Å². The average Bonchev–Trinajstić information content (AvgIpc) is 3.26. The Labute approximate surface area is 259 Å². The molecule has 8 nitrogen and oxygen atoms in total. The molecule has 2 aliphatic rings. The molecule has 2 aliphatic heterocycles. The first-order chi connectivity index (χ1) is 19.8. The second-order valence-corrected chi connectivity index (χ2v) is 12.4. The van der Waals surface area contributed by atoms with Crippen LogP contribution in [-0.4, -0.2) is 40.5 Å². The number of carbonyl (C=O) groups excluding carboxylic acids is 1. The van der Waals surface area contributed by atoms with Crippen molar-refractivity contribution in [3.8, 4) is 5.75 Å². The van der Waals surface area contributed by atoms with Crippen LogP contribution >= 0.6 is 43.6 Å². The lowest BCUT2D eigenvalue weighted by Crippen LogP contribution is -2.29. The molecule has 0 spiro atoms. The number of thioether (sulfide) groups is 1. The number of anilines is 1. The van der Waals surface area contributed by atoms with Crippen molar-refractivity contribution in [3.05, 3.63) is 95.8 Å². The van der Waals surface area contributed by atoms with Crippen LogP contribution in [0.1, 0.15) is 37.3 Å². The van der Waals surface area contributed by atoms with Crippen LogP contribution in [0.4, 0.5) is 17.1 Å². The number of hydrogen-bond acceptors (Lipinski definition) is 7. The molecule has 0 aromatic heterocycles. The molecule has 0 unspecified atom stereocenters. The molecule has 2 heterocycles. The molecule has 212 valence electrons. The average molecular weight is 700 g/mol. The summed E-state index contributed by atoms with van der Waals surface area (Å²) in [7, 11) is 0. The number of amides is 1. The van der Waals surface area contributed by atoms with E-state index < -0.39 is 4.92 Å². The number of benzene rings is 3. The van der Waals surface area contributed by atoms with Crippen molar-refractivity contribution in [2.24, 2.45) is 4.99 Å². The maximum absolute atomic E-state index is 13.2. The molecule has 5 rings (SSSR count). The molecule has 1 amide bonds. The van der Waals surface area contributed by atoms with Crippen molar-refractivity contribution in [2.45, 2.75) is 32.8 Å². The fourth-order valence-corrected chi connectivity index (χ4v) is 7.21. The van der Waals surface area contributed by atoms with E-state index >= 15 is 0 Å². The van der Waals surface area contributed by atoms with E-state index in [1.165, 1.54) is 48.8 Å². The molecule has 3 aromatic rings. The number of nitrogens with zero attached hydrogens (tertiary/aromatic N) is 4. The third kappa shape index (κ3) is 7.02. The van der Waals surface area contributed by atoms with E-state index in [0.717, 1.165) is 29.9 Å². The molecule has 0 atom stereocenters. The van der Waals surface area contributed by atoms with E-state index in [1.807, 2.05) is 37.3 Å². The number of nitro groups is 1. The molecule has 0 saturated carbocycles. The number of nitro benzene ring substituents is 1.